The lowest BCUT2D eigenvalue weighted by atomic mass is 10.1. The second kappa shape index (κ2) is 5.24. The van der Waals surface area contributed by atoms with Gasteiger partial charge < -0.3 is 4.74 Å². The molecule has 6 nitrogen and oxygen atoms in total. The number of methoxy groups -OCH3 is 1. The van der Waals surface area contributed by atoms with E-state index >= 15 is 0 Å². The number of hydrazine groups is 1. The first-order valence-electron chi connectivity index (χ1n) is 5.22. The molecule has 0 radical (unpaired) electrons. The van der Waals surface area contributed by atoms with E-state index in [0.29, 0.717) is 11.4 Å². The Balaban J connectivity index is 2.48. The summed E-state index contributed by atoms with van der Waals surface area (Å²) in [5.74, 6) is 5.23. The fraction of sp³-hybridized carbons (Fsp3) is 0.0833. The third kappa shape index (κ3) is 2.28. The maximum atomic E-state index is 11.4. The minimum atomic E-state index is -0.487. The molecule has 2 rings (SSSR count). The van der Waals surface area contributed by atoms with Crippen LogP contribution in [0.3, 0.4) is 0 Å². The van der Waals surface area contributed by atoms with Crippen molar-refractivity contribution in [1.29, 1.82) is 0 Å². The number of rotatable bonds is 3. The number of hydrogen-bond donors (Lipinski definition) is 2. The molecule has 0 aliphatic heterocycles. The molecule has 0 fully saturated rings. The minimum Gasteiger partial charge on any atom is -0.496 e. The van der Waals surface area contributed by atoms with Crippen LogP contribution in [0.4, 0.5) is 0 Å². The van der Waals surface area contributed by atoms with Gasteiger partial charge in [0.2, 0.25) is 0 Å². The molecule has 6 heteroatoms. The summed E-state index contributed by atoms with van der Waals surface area (Å²) in [7, 11) is 1.57. The lowest BCUT2D eigenvalue weighted by Gasteiger charge is -2.07. The molecule has 1 aromatic heterocycles. The van der Waals surface area contributed by atoms with Crippen LogP contribution in [-0.4, -0.2) is 23.0 Å². The van der Waals surface area contributed by atoms with Crippen LogP contribution in [0.15, 0.2) is 36.7 Å². The third-order valence-corrected chi connectivity index (χ3v) is 2.38. The maximum Gasteiger partial charge on any atom is 0.285 e. The number of nitrogen functional groups attached to an aromatic ring is 1. The van der Waals surface area contributed by atoms with Crippen molar-refractivity contribution in [3.63, 3.8) is 0 Å². The molecule has 0 aliphatic rings. The summed E-state index contributed by atoms with van der Waals surface area (Å²) in [5.41, 5.74) is 3.48. The Morgan fingerprint density at radius 3 is 2.83 bits per heavy atom. The smallest absolute Gasteiger partial charge is 0.285 e. The van der Waals surface area contributed by atoms with Gasteiger partial charge in [-0.15, -0.1) is 0 Å². The number of amides is 1. The number of nitrogens with one attached hydrogen (secondary N) is 1. The van der Waals surface area contributed by atoms with Gasteiger partial charge in [0.05, 0.1) is 25.2 Å². The van der Waals surface area contributed by atoms with E-state index in [9.17, 15) is 4.79 Å². The van der Waals surface area contributed by atoms with E-state index in [2.05, 4.69) is 9.97 Å². The number of carbonyl (C=O) groups is 1. The Hall–Kier alpha value is -2.47. The van der Waals surface area contributed by atoms with Crippen LogP contribution in [0.2, 0.25) is 0 Å². The summed E-state index contributed by atoms with van der Waals surface area (Å²) in [6, 6.07) is 7.36. The Morgan fingerprint density at radius 1 is 1.33 bits per heavy atom. The average molecular weight is 244 g/mol. The topological polar surface area (TPSA) is 90.1 Å². The molecule has 0 saturated carbocycles. The molecule has 3 N–H and O–H groups in total. The van der Waals surface area contributed by atoms with E-state index in [1.807, 2.05) is 29.7 Å². The van der Waals surface area contributed by atoms with Gasteiger partial charge in [0, 0.05) is 5.56 Å². The van der Waals surface area contributed by atoms with Crippen LogP contribution < -0.4 is 16.0 Å². The summed E-state index contributed by atoms with van der Waals surface area (Å²) in [5, 5.41) is 0. The Morgan fingerprint density at radius 2 is 2.11 bits per heavy atom. The highest BCUT2D eigenvalue weighted by atomic mass is 16.5. The molecule has 0 saturated heterocycles. The standard InChI is InChI=1S/C12H12N4O2/c1-18-11-5-3-2-4-8(11)9-6-14-7-10(15-9)12(17)16-13/h2-7H,13H2,1H3,(H,16,17). The van der Waals surface area contributed by atoms with Crippen LogP contribution >= 0.6 is 0 Å². The summed E-state index contributed by atoms with van der Waals surface area (Å²) in [4.78, 5) is 19.5. The van der Waals surface area contributed by atoms with Gasteiger partial charge in [0.1, 0.15) is 11.4 Å². The lowest BCUT2D eigenvalue weighted by molar-refractivity contribution is 0.0948. The number of aromatic nitrogens is 2. The van der Waals surface area contributed by atoms with Crippen molar-refractivity contribution in [1.82, 2.24) is 15.4 Å². The molecule has 1 heterocycles. The van der Waals surface area contributed by atoms with E-state index in [0.717, 1.165) is 5.56 Å². The molecule has 0 spiro atoms. The molecule has 2 aromatic rings. The number of benzene rings is 1. The fourth-order valence-corrected chi connectivity index (χ4v) is 1.54. The Kier molecular flexibility index (Phi) is 3.49. The zero-order valence-corrected chi connectivity index (χ0v) is 9.75. The van der Waals surface area contributed by atoms with Gasteiger partial charge in [-0.3, -0.25) is 15.2 Å². The number of para-hydroxylation sites is 1. The first-order valence-corrected chi connectivity index (χ1v) is 5.22. The van der Waals surface area contributed by atoms with Crippen molar-refractivity contribution in [2.45, 2.75) is 0 Å². The van der Waals surface area contributed by atoms with E-state index < -0.39 is 5.91 Å². The van der Waals surface area contributed by atoms with Crippen LogP contribution in [0.25, 0.3) is 11.3 Å². The SMILES string of the molecule is COc1ccccc1-c1cncc(C(=O)NN)n1. The first kappa shape index (κ1) is 12.0. The van der Waals surface area contributed by atoms with Crippen molar-refractivity contribution >= 4 is 5.91 Å². The average Bonchev–Trinajstić information content (AvgIpc) is 2.46. The number of ether oxygens (including phenoxy) is 1. The molecular formula is C12H12N4O2. The van der Waals surface area contributed by atoms with E-state index in [1.54, 1.807) is 13.3 Å². The van der Waals surface area contributed by atoms with E-state index in [-0.39, 0.29) is 5.69 Å². The Labute approximate surface area is 104 Å². The van der Waals surface area contributed by atoms with Crippen LogP contribution in [-0.2, 0) is 0 Å². The predicted molar refractivity (Wildman–Crippen MR) is 65.7 cm³/mol. The highest BCUT2D eigenvalue weighted by Crippen LogP contribution is 2.27. The summed E-state index contributed by atoms with van der Waals surface area (Å²) in [6.07, 6.45) is 2.91. The van der Waals surface area contributed by atoms with E-state index in [1.165, 1.54) is 6.20 Å². The normalized spacial score (nSPS) is 9.89. The zero-order chi connectivity index (χ0) is 13.0. The van der Waals surface area contributed by atoms with Crippen molar-refractivity contribution in [3.05, 3.63) is 42.4 Å². The largest absolute Gasteiger partial charge is 0.496 e. The summed E-state index contributed by atoms with van der Waals surface area (Å²) < 4.78 is 5.23. The molecule has 18 heavy (non-hydrogen) atoms. The van der Waals surface area contributed by atoms with Gasteiger partial charge in [0.15, 0.2) is 0 Å². The molecular weight excluding hydrogens is 232 g/mol. The lowest BCUT2D eigenvalue weighted by Crippen LogP contribution is -2.30. The highest BCUT2D eigenvalue weighted by Gasteiger charge is 2.10. The number of nitrogens with zero attached hydrogens (tertiary/aromatic N) is 2. The summed E-state index contributed by atoms with van der Waals surface area (Å²) >= 11 is 0. The van der Waals surface area contributed by atoms with Gasteiger partial charge in [-0.05, 0) is 12.1 Å². The fourth-order valence-electron chi connectivity index (χ4n) is 1.54. The van der Waals surface area contributed by atoms with Gasteiger partial charge in [-0.2, -0.15) is 0 Å². The van der Waals surface area contributed by atoms with Crippen molar-refractivity contribution in [3.8, 4) is 17.0 Å². The molecule has 0 bridgehead atoms. The van der Waals surface area contributed by atoms with E-state index in [4.69, 9.17) is 10.6 Å². The monoisotopic (exact) mass is 244 g/mol. The second-order valence-corrected chi connectivity index (χ2v) is 3.46. The molecule has 0 aliphatic carbocycles. The minimum absolute atomic E-state index is 0.154. The molecule has 0 unspecified atom stereocenters. The van der Waals surface area contributed by atoms with Crippen LogP contribution in [0, 0.1) is 0 Å². The van der Waals surface area contributed by atoms with Gasteiger partial charge in [-0.1, -0.05) is 12.1 Å². The molecule has 0 atom stereocenters. The predicted octanol–water partition coefficient (Wildman–Crippen LogP) is 0.756. The van der Waals surface area contributed by atoms with Crippen LogP contribution in [0.5, 0.6) is 5.75 Å². The summed E-state index contributed by atoms with van der Waals surface area (Å²) in [6.45, 7) is 0. The maximum absolute atomic E-state index is 11.4. The Bertz CT molecular complexity index is 572. The van der Waals surface area contributed by atoms with Gasteiger partial charge in [-0.25, -0.2) is 10.8 Å². The van der Waals surface area contributed by atoms with Crippen LogP contribution in [0.1, 0.15) is 10.5 Å². The molecule has 1 amide bonds. The zero-order valence-electron chi connectivity index (χ0n) is 9.75. The number of nitrogens with two attached hydrogens (primary N) is 1. The first-order chi connectivity index (χ1) is 8.76. The quantitative estimate of drug-likeness (QED) is 0.472. The van der Waals surface area contributed by atoms with Crippen molar-refractivity contribution in [2.24, 2.45) is 5.84 Å². The second-order valence-electron chi connectivity index (χ2n) is 3.46. The third-order valence-electron chi connectivity index (χ3n) is 2.38. The van der Waals surface area contributed by atoms with Gasteiger partial charge >= 0.3 is 0 Å². The number of hydrogen-bond acceptors (Lipinski definition) is 5. The number of carbonyl (C=O) groups excluding carboxylic acids is 1. The van der Waals surface area contributed by atoms with Gasteiger partial charge in [0.25, 0.3) is 5.91 Å². The highest BCUT2D eigenvalue weighted by molar-refractivity contribution is 5.92. The molecule has 1 aromatic carbocycles. The van der Waals surface area contributed by atoms with Crippen molar-refractivity contribution < 1.29 is 9.53 Å². The molecule has 92 valence electrons. The van der Waals surface area contributed by atoms with Crippen molar-refractivity contribution in [2.75, 3.05) is 7.11 Å².